The van der Waals surface area contributed by atoms with Crippen LogP contribution in [-0.4, -0.2) is 79.6 Å². The number of carboxylic acid groups (broad SMARTS) is 1. The van der Waals surface area contributed by atoms with Crippen LogP contribution >= 0.6 is 11.8 Å². The number of aliphatic carboxylic acids is 1. The van der Waals surface area contributed by atoms with Gasteiger partial charge in [0.05, 0.1) is 16.6 Å². The Labute approximate surface area is 163 Å². The third kappa shape index (κ3) is 2.97. The molecule has 0 saturated carbocycles. The highest BCUT2D eigenvalue weighted by Crippen LogP contribution is 2.66. The van der Waals surface area contributed by atoms with Crippen LogP contribution in [0.1, 0.15) is 33.1 Å². The largest absolute Gasteiger partial charge is 0.481 e. The molecule has 3 heterocycles. The predicted molar refractivity (Wildman–Crippen MR) is 102 cm³/mol. The number of rotatable bonds is 8. The van der Waals surface area contributed by atoms with Gasteiger partial charge in [0, 0.05) is 31.0 Å². The van der Waals surface area contributed by atoms with E-state index in [9.17, 15) is 24.6 Å². The van der Waals surface area contributed by atoms with Gasteiger partial charge in [0.1, 0.15) is 6.04 Å². The van der Waals surface area contributed by atoms with Crippen molar-refractivity contribution >= 4 is 29.5 Å². The van der Waals surface area contributed by atoms with Gasteiger partial charge >= 0.3 is 5.97 Å². The van der Waals surface area contributed by atoms with Gasteiger partial charge in [-0.05, 0) is 33.1 Å². The van der Waals surface area contributed by atoms with Crippen LogP contribution < -0.4 is 0 Å². The molecule has 150 valence electrons. The maximum atomic E-state index is 13.6. The zero-order chi connectivity index (χ0) is 19.9. The number of hydrogen-bond acceptors (Lipinski definition) is 5. The van der Waals surface area contributed by atoms with Gasteiger partial charge in [0.2, 0.25) is 11.8 Å². The summed E-state index contributed by atoms with van der Waals surface area (Å²) in [5, 5.41) is 18.9. The standard InChI is InChI=1S/C19H28N2O5S/c1-4-8-20(11(2)3)17(24)15-19-7-6-12(27-19)13(18(25)26)14(19)16(23)21(15)9-5-10-22/h4,11-15,22H,1,5-10H2,2-3H3,(H,25,26)/t12-,13+,14-,15?,19?/m0/s1. The Morgan fingerprint density at radius 1 is 1.48 bits per heavy atom. The van der Waals surface area contributed by atoms with Crippen molar-refractivity contribution in [2.45, 2.75) is 55.2 Å². The number of fused-ring (bicyclic) bond motifs is 1. The minimum atomic E-state index is -0.950. The lowest BCUT2D eigenvalue weighted by Gasteiger charge is -2.38. The molecule has 8 heteroatoms. The summed E-state index contributed by atoms with van der Waals surface area (Å²) in [6.45, 7) is 8.14. The summed E-state index contributed by atoms with van der Waals surface area (Å²) in [5.74, 6) is -2.74. The Morgan fingerprint density at radius 3 is 2.74 bits per heavy atom. The highest BCUT2D eigenvalue weighted by atomic mass is 32.2. The normalized spacial score (nSPS) is 34.2. The second-order valence-electron chi connectivity index (χ2n) is 7.88. The van der Waals surface area contributed by atoms with Crippen LogP contribution in [0.15, 0.2) is 12.7 Å². The summed E-state index contributed by atoms with van der Waals surface area (Å²) in [6, 6.07) is -0.733. The van der Waals surface area contributed by atoms with E-state index in [1.54, 1.807) is 15.9 Å². The van der Waals surface area contributed by atoms with Crippen molar-refractivity contribution in [3.05, 3.63) is 12.7 Å². The number of carboxylic acids is 1. The number of aliphatic hydroxyl groups excluding tert-OH is 1. The van der Waals surface area contributed by atoms with Crippen LogP contribution in [0, 0.1) is 11.8 Å². The van der Waals surface area contributed by atoms with Gasteiger partial charge in [-0.2, -0.15) is 0 Å². The number of thioether (sulfide) groups is 1. The SMILES string of the molecule is C=CCN(C(=O)C1N(CCCO)C(=O)[C@@H]2[C@H](C(=O)O)[C@@H]3CCC12S3)C(C)C. The molecule has 2 N–H and O–H groups in total. The Hall–Kier alpha value is -1.54. The van der Waals surface area contributed by atoms with Crippen LogP contribution in [0.5, 0.6) is 0 Å². The van der Waals surface area contributed by atoms with Crippen molar-refractivity contribution in [1.82, 2.24) is 9.80 Å². The number of hydrogen-bond donors (Lipinski definition) is 2. The molecule has 0 aromatic rings. The predicted octanol–water partition coefficient (Wildman–Crippen LogP) is 0.968. The number of carbonyl (C=O) groups is 3. The minimum absolute atomic E-state index is 0.0559. The van der Waals surface area contributed by atoms with Crippen molar-refractivity contribution < 1.29 is 24.6 Å². The summed E-state index contributed by atoms with van der Waals surface area (Å²) in [4.78, 5) is 41.9. The summed E-state index contributed by atoms with van der Waals surface area (Å²) in [6.07, 6.45) is 3.43. The van der Waals surface area contributed by atoms with E-state index >= 15 is 0 Å². The van der Waals surface area contributed by atoms with Crippen molar-refractivity contribution in [3.8, 4) is 0 Å². The Balaban J connectivity index is 2.03. The quantitative estimate of drug-likeness (QED) is 0.593. The van der Waals surface area contributed by atoms with Gasteiger partial charge in [-0.3, -0.25) is 14.4 Å². The fourth-order valence-corrected chi connectivity index (χ4v) is 7.25. The van der Waals surface area contributed by atoms with Crippen LogP contribution in [0.2, 0.25) is 0 Å². The summed E-state index contributed by atoms with van der Waals surface area (Å²) < 4.78 is -0.675. The number of carbonyl (C=O) groups excluding carboxylic acids is 2. The molecule has 3 aliphatic heterocycles. The summed E-state index contributed by atoms with van der Waals surface area (Å²) in [5.41, 5.74) is 0. The molecule has 2 bridgehead atoms. The summed E-state index contributed by atoms with van der Waals surface area (Å²) in [7, 11) is 0. The smallest absolute Gasteiger partial charge is 0.308 e. The van der Waals surface area contributed by atoms with Crippen molar-refractivity contribution in [3.63, 3.8) is 0 Å². The van der Waals surface area contributed by atoms with E-state index in [4.69, 9.17) is 0 Å². The van der Waals surface area contributed by atoms with Crippen LogP contribution in [0.4, 0.5) is 0 Å². The Morgan fingerprint density at radius 2 is 2.19 bits per heavy atom. The molecule has 3 aliphatic rings. The van der Waals surface area contributed by atoms with E-state index < -0.39 is 28.6 Å². The zero-order valence-corrected chi connectivity index (χ0v) is 16.7. The lowest BCUT2D eigenvalue weighted by molar-refractivity contribution is -0.148. The van der Waals surface area contributed by atoms with E-state index in [2.05, 4.69) is 6.58 Å². The van der Waals surface area contributed by atoms with Crippen molar-refractivity contribution in [2.75, 3.05) is 19.7 Å². The first-order chi connectivity index (χ1) is 12.8. The van der Waals surface area contributed by atoms with E-state index in [-0.39, 0.29) is 36.3 Å². The van der Waals surface area contributed by atoms with Crippen LogP contribution in [0.3, 0.4) is 0 Å². The van der Waals surface area contributed by atoms with E-state index in [1.807, 2.05) is 13.8 Å². The fourth-order valence-electron chi connectivity index (χ4n) is 5.05. The topological polar surface area (TPSA) is 98.2 Å². The first-order valence-electron chi connectivity index (χ1n) is 9.53. The molecule has 1 spiro atoms. The van der Waals surface area contributed by atoms with Crippen LogP contribution in [-0.2, 0) is 14.4 Å². The third-order valence-corrected chi connectivity index (χ3v) is 8.06. The number of amides is 2. The number of nitrogens with zero attached hydrogens (tertiary/aromatic N) is 2. The molecule has 5 atom stereocenters. The first kappa shape index (κ1) is 20.2. The maximum absolute atomic E-state index is 13.6. The molecule has 3 fully saturated rings. The maximum Gasteiger partial charge on any atom is 0.308 e. The molecule has 27 heavy (non-hydrogen) atoms. The molecule has 0 radical (unpaired) electrons. The molecule has 3 saturated heterocycles. The second-order valence-corrected chi connectivity index (χ2v) is 9.48. The average Bonchev–Trinajstić information content (AvgIpc) is 3.24. The lowest BCUT2D eigenvalue weighted by atomic mass is 9.71. The first-order valence-corrected chi connectivity index (χ1v) is 10.4. The Kier molecular flexibility index (Phi) is 5.59. The van der Waals surface area contributed by atoms with Gasteiger partial charge in [-0.1, -0.05) is 6.08 Å². The average molecular weight is 397 g/mol. The molecule has 3 rings (SSSR count). The van der Waals surface area contributed by atoms with Crippen molar-refractivity contribution in [1.29, 1.82) is 0 Å². The van der Waals surface area contributed by atoms with Crippen molar-refractivity contribution in [2.24, 2.45) is 11.8 Å². The Bertz CT molecular complexity index is 654. The summed E-state index contributed by atoms with van der Waals surface area (Å²) >= 11 is 1.53. The molecule has 7 nitrogen and oxygen atoms in total. The molecule has 0 aromatic carbocycles. The molecule has 0 aromatic heterocycles. The van der Waals surface area contributed by atoms with Gasteiger partial charge in [-0.25, -0.2) is 0 Å². The van der Waals surface area contributed by atoms with Gasteiger partial charge in [0.25, 0.3) is 0 Å². The number of aliphatic hydroxyl groups is 1. The molecule has 0 aliphatic carbocycles. The fraction of sp³-hybridized carbons (Fsp3) is 0.737. The molecule has 2 amide bonds. The third-order valence-electron chi connectivity index (χ3n) is 6.11. The van der Waals surface area contributed by atoms with E-state index in [1.165, 1.54) is 11.8 Å². The van der Waals surface area contributed by atoms with Crippen LogP contribution in [0.25, 0.3) is 0 Å². The van der Waals surface area contributed by atoms with Gasteiger partial charge in [-0.15, -0.1) is 18.3 Å². The van der Waals surface area contributed by atoms with E-state index in [0.717, 1.165) is 0 Å². The highest BCUT2D eigenvalue weighted by molar-refractivity contribution is 8.02. The lowest BCUT2D eigenvalue weighted by Crippen LogP contribution is -2.56. The monoisotopic (exact) mass is 396 g/mol. The van der Waals surface area contributed by atoms with E-state index in [0.29, 0.717) is 25.8 Å². The molecular formula is C19H28N2O5S. The molecular weight excluding hydrogens is 368 g/mol. The van der Waals surface area contributed by atoms with Gasteiger partial charge < -0.3 is 20.0 Å². The number of likely N-dealkylation sites (tertiary alicyclic amines) is 1. The second kappa shape index (κ2) is 7.47. The minimum Gasteiger partial charge on any atom is -0.481 e. The highest BCUT2D eigenvalue weighted by Gasteiger charge is 2.73. The zero-order valence-electron chi connectivity index (χ0n) is 15.8. The van der Waals surface area contributed by atoms with Gasteiger partial charge in [0.15, 0.2) is 0 Å². The molecule has 2 unspecified atom stereocenters.